The first-order chi connectivity index (χ1) is 16.1. The molecular formula is C28H24BrNO3. The number of benzene rings is 3. The lowest BCUT2D eigenvalue weighted by molar-refractivity contribution is 0.101. The maximum Gasteiger partial charge on any atom is 0.231 e. The standard InChI is InChI=1S/C28H24BrNO3/c1-17(31)19-10-11-25-22(12-19)20-8-5-9-21(20)28(30(25)15-18-6-3-2-4-7-18)23-13-26-27(14-24(23)29)33-16-32-26/h2-8,10-14,20-21,28H,9,15-16H2,1H3/t20-,21+,28?/m1/s1. The number of ketones is 1. The predicted molar refractivity (Wildman–Crippen MR) is 132 cm³/mol. The minimum Gasteiger partial charge on any atom is -0.454 e. The third-order valence-corrected chi connectivity index (χ3v) is 7.75. The number of hydrogen-bond acceptors (Lipinski definition) is 4. The van der Waals surface area contributed by atoms with Crippen LogP contribution in [0.25, 0.3) is 0 Å². The van der Waals surface area contributed by atoms with E-state index in [1.807, 2.05) is 12.1 Å². The van der Waals surface area contributed by atoms with Gasteiger partial charge in [0, 0.05) is 28.2 Å². The van der Waals surface area contributed by atoms with Crippen LogP contribution in [0.3, 0.4) is 0 Å². The van der Waals surface area contributed by atoms with E-state index in [-0.39, 0.29) is 24.5 Å². The maximum atomic E-state index is 12.2. The second-order valence-corrected chi connectivity index (χ2v) is 9.82. The molecule has 3 aliphatic rings. The van der Waals surface area contributed by atoms with Crippen LogP contribution < -0.4 is 14.4 Å². The lowest BCUT2D eigenvalue weighted by Crippen LogP contribution is -2.39. The molecule has 0 fully saturated rings. The zero-order chi connectivity index (χ0) is 22.5. The number of carbonyl (C=O) groups is 1. The zero-order valence-electron chi connectivity index (χ0n) is 18.3. The Labute approximate surface area is 202 Å². The van der Waals surface area contributed by atoms with E-state index in [9.17, 15) is 4.79 Å². The number of nitrogens with zero attached hydrogens (tertiary/aromatic N) is 1. The highest BCUT2D eigenvalue weighted by Gasteiger charge is 2.43. The molecule has 0 N–H and O–H groups in total. The Balaban J connectivity index is 1.53. The van der Waals surface area contributed by atoms with Crippen molar-refractivity contribution < 1.29 is 14.3 Å². The van der Waals surface area contributed by atoms with Gasteiger partial charge in [-0.25, -0.2) is 0 Å². The molecule has 0 aromatic heterocycles. The molecule has 33 heavy (non-hydrogen) atoms. The van der Waals surface area contributed by atoms with Crippen LogP contribution in [0.15, 0.2) is 77.3 Å². The van der Waals surface area contributed by atoms with Crippen LogP contribution in [-0.4, -0.2) is 12.6 Å². The summed E-state index contributed by atoms with van der Waals surface area (Å²) in [6, 6.07) is 21.1. The Hall–Kier alpha value is -3.05. The summed E-state index contributed by atoms with van der Waals surface area (Å²) in [6.45, 7) is 2.68. The average Bonchev–Trinajstić information content (AvgIpc) is 3.49. The fourth-order valence-corrected chi connectivity index (χ4v) is 6.09. The second-order valence-electron chi connectivity index (χ2n) is 8.97. The fraction of sp³-hybridized carbons (Fsp3) is 0.250. The lowest BCUT2D eigenvalue weighted by Gasteiger charge is -2.46. The van der Waals surface area contributed by atoms with Crippen molar-refractivity contribution in [1.82, 2.24) is 0 Å². The highest BCUT2D eigenvalue weighted by molar-refractivity contribution is 9.10. The summed E-state index contributed by atoms with van der Waals surface area (Å²) in [5, 5.41) is 0. The Morgan fingerprint density at radius 3 is 2.61 bits per heavy atom. The van der Waals surface area contributed by atoms with Gasteiger partial charge in [-0.15, -0.1) is 0 Å². The first-order valence-electron chi connectivity index (χ1n) is 11.3. The van der Waals surface area contributed by atoms with Crippen molar-refractivity contribution in [2.45, 2.75) is 31.8 Å². The molecule has 1 aliphatic carbocycles. The summed E-state index contributed by atoms with van der Waals surface area (Å²) in [7, 11) is 0. The van der Waals surface area contributed by atoms with Gasteiger partial charge in [-0.2, -0.15) is 0 Å². The minimum atomic E-state index is 0.103. The molecule has 3 aromatic carbocycles. The fourth-order valence-electron chi connectivity index (χ4n) is 5.54. The van der Waals surface area contributed by atoms with Gasteiger partial charge in [-0.05, 0) is 66.3 Å². The molecule has 3 aromatic rings. The van der Waals surface area contributed by atoms with E-state index in [1.54, 1.807) is 6.92 Å². The molecule has 0 saturated heterocycles. The summed E-state index contributed by atoms with van der Waals surface area (Å²) < 4.78 is 12.4. The number of anilines is 1. The van der Waals surface area contributed by atoms with Gasteiger partial charge in [0.25, 0.3) is 0 Å². The van der Waals surface area contributed by atoms with Gasteiger partial charge in [0.1, 0.15) is 0 Å². The summed E-state index contributed by atoms with van der Waals surface area (Å²) >= 11 is 3.84. The lowest BCUT2D eigenvalue weighted by atomic mass is 9.75. The maximum absolute atomic E-state index is 12.2. The van der Waals surface area contributed by atoms with Gasteiger partial charge < -0.3 is 14.4 Å². The van der Waals surface area contributed by atoms with Gasteiger partial charge in [0.2, 0.25) is 6.79 Å². The Morgan fingerprint density at radius 1 is 1.03 bits per heavy atom. The Morgan fingerprint density at radius 2 is 1.82 bits per heavy atom. The molecule has 1 unspecified atom stereocenters. The number of halogens is 1. The van der Waals surface area contributed by atoms with E-state index in [1.165, 1.54) is 22.4 Å². The highest BCUT2D eigenvalue weighted by atomic mass is 79.9. The van der Waals surface area contributed by atoms with Crippen LogP contribution in [0, 0.1) is 5.92 Å². The van der Waals surface area contributed by atoms with Crippen molar-refractivity contribution in [2.24, 2.45) is 5.92 Å². The third kappa shape index (κ3) is 3.46. The Kier molecular flexibility index (Phi) is 5.02. The van der Waals surface area contributed by atoms with Crippen molar-refractivity contribution in [3.05, 3.63) is 99.5 Å². The van der Waals surface area contributed by atoms with E-state index >= 15 is 0 Å². The third-order valence-electron chi connectivity index (χ3n) is 7.06. The molecule has 3 atom stereocenters. The van der Waals surface area contributed by atoms with Crippen LogP contribution in [0.5, 0.6) is 11.5 Å². The molecule has 0 amide bonds. The molecule has 5 heteroatoms. The molecule has 6 rings (SSSR count). The quantitative estimate of drug-likeness (QED) is 0.291. The molecule has 0 bridgehead atoms. The van der Waals surface area contributed by atoms with Crippen LogP contribution in [0.4, 0.5) is 5.69 Å². The molecule has 2 aliphatic heterocycles. The van der Waals surface area contributed by atoms with Gasteiger partial charge in [0.15, 0.2) is 17.3 Å². The summed E-state index contributed by atoms with van der Waals surface area (Å²) in [5.74, 6) is 2.32. The van der Waals surface area contributed by atoms with Crippen molar-refractivity contribution in [2.75, 3.05) is 11.7 Å². The molecule has 4 nitrogen and oxygen atoms in total. The first kappa shape index (κ1) is 20.5. The van der Waals surface area contributed by atoms with Crippen molar-refractivity contribution in [3.63, 3.8) is 0 Å². The van der Waals surface area contributed by atoms with E-state index in [0.717, 1.165) is 34.5 Å². The summed E-state index contributed by atoms with van der Waals surface area (Å²) in [4.78, 5) is 14.7. The normalized spacial score (nSPS) is 22.2. The molecular weight excluding hydrogens is 478 g/mol. The Bertz CT molecular complexity index is 1270. The van der Waals surface area contributed by atoms with Crippen LogP contribution >= 0.6 is 15.9 Å². The van der Waals surface area contributed by atoms with E-state index < -0.39 is 0 Å². The smallest absolute Gasteiger partial charge is 0.231 e. The largest absolute Gasteiger partial charge is 0.454 e. The summed E-state index contributed by atoms with van der Waals surface area (Å²) in [5.41, 5.74) is 5.66. The van der Waals surface area contributed by atoms with Crippen molar-refractivity contribution in [1.29, 1.82) is 0 Å². The predicted octanol–water partition coefficient (Wildman–Crippen LogP) is 6.80. The number of ether oxygens (including phenoxy) is 2. The molecule has 166 valence electrons. The SMILES string of the molecule is CC(=O)c1ccc2c(c1)[C@@H]1C=CC[C@@H]1C(c1cc3c(cc1Br)OCO3)N2Cc1ccccc1. The first-order valence-corrected chi connectivity index (χ1v) is 12.1. The molecule has 0 radical (unpaired) electrons. The van der Waals surface area contributed by atoms with Crippen LogP contribution in [0.2, 0.25) is 0 Å². The van der Waals surface area contributed by atoms with E-state index in [2.05, 4.69) is 81.5 Å². The number of hydrogen-bond donors (Lipinski definition) is 0. The van der Waals surface area contributed by atoms with Crippen molar-refractivity contribution in [3.8, 4) is 11.5 Å². The number of fused-ring (bicyclic) bond motifs is 4. The van der Waals surface area contributed by atoms with Crippen molar-refractivity contribution >= 4 is 27.4 Å². The molecule has 0 spiro atoms. The molecule has 2 heterocycles. The van der Waals surface area contributed by atoms with Gasteiger partial charge in [0.05, 0.1) is 6.04 Å². The van der Waals surface area contributed by atoms with Gasteiger partial charge >= 0.3 is 0 Å². The topological polar surface area (TPSA) is 38.8 Å². The average molecular weight is 502 g/mol. The van der Waals surface area contributed by atoms with E-state index in [4.69, 9.17) is 9.47 Å². The number of allylic oxidation sites excluding steroid dienone is 2. The monoisotopic (exact) mass is 501 g/mol. The van der Waals surface area contributed by atoms with E-state index in [0.29, 0.717) is 5.92 Å². The number of carbonyl (C=O) groups excluding carboxylic acids is 1. The van der Waals surface area contributed by atoms with Crippen LogP contribution in [-0.2, 0) is 6.54 Å². The second kappa shape index (κ2) is 8.07. The zero-order valence-corrected chi connectivity index (χ0v) is 19.9. The number of rotatable bonds is 4. The molecule has 0 saturated carbocycles. The number of Topliss-reactive ketones (excluding diaryl/α,β-unsaturated/α-hetero) is 1. The summed E-state index contributed by atoms with van der Waals surface area (Å²) in [6.07, 6.45) is 5.60. The minimum absolute atomic E-state index is 0.103. The van der Waals surface area contributed by atoms with Crippen LogP contribution in [0.1, 0.15) is 52.4 Å². The van der Waals surface area contributed by atoms with Gasteiger partial charge in [-0.3, -0.25) is 4.79 Å². The van der Waals surface area contributed by atoms with Gasteiger partial charge in [-0.1, -0.05) is 58.4 Å². The highest BCUT2D eigenvalue weighted by Crippen LogP contribution is 2.55.